The van der Waals surface area contributed by atoms with Crippen molar-refractivity contribution in [3.05, 3.63) is 12.2 Å². The zero-order valence-corrected chi connectivity index (χ0v) is 19.7. The van der Waals surface area contributed by atoms with E-state index in [0.717, 1.165) is 44.9 Å². The number of allylic oxidation sites excluding steroid dienone is 2. The van der Waals surface area contributed by atoms with Crippen molar-refractivity contribution in [1.82, 2.24) is 0 Å². The molecule has 3 nitrogen and oxygen atoms in total. The van der Waals surface area contributed by atoms with Gasteiger partial charge in [0.2, 0.25) is 0 Å². The number of carbonyl (C=O) groups is 2. The first-order valence-electron chi connectivity index (χ1n) is 12.5. The van der Waals surface area contributed by atoms with E-state index in [4.69, 9.17) is 0 Å². The zero-order chi connectivity index (χ0) is 21.9. The third-order valence-corrected chi connectivity index (χ3v) is 9.85. The van der Waals surface area contributed by atoms with Crippen molar-refractivity contribution in [1.29, 1.82) is 0 Å². The molecule has 0 bridgehead atoms. The Balaban J connectivity index is 1.63. The molecule has 0 aromatic rings. The van der Waals surface area contributed by atoms with E-state index in [1.165, 1.54) is 0 Å². The van der Waals surface area contributed by atoms with Crippen LogP contribution in [0.5, 0.6) is 0 Å². The van der Waals surface area contributed by atoms with Crippen molar-refractivity contribution in [2.75, 3.05) is 0 Å². The molecule has 0 heterocycles. The van der Waals surface area contributed by atoms with E-state index in [9.17, 15) is 14.7 Å². The fourth-order valence-corrected chi connectivity index (χ4v) is 8.37. The minimum absolute atomic E-state index is 0.104. The average Bonchev–Trinajstić information content (AvgIpc) is 2.98. The van der Waals surface area contributed by atoms with Gasteiger partial charge in [-0.1, -0.05) is 52.7 Å². The molecule has 1 N–H and O–H groups in total. The average molecular weight is 415 g/mol. The maximum Gasteiger partial charge on any atom is 0.138 e. The highest BCUT2D eigenvalue weighted by molar-refractivity contribution is 5.94. The molecule has 4 aliphatic rings. The number of rotatable bonds is 5. The third-order valence-electron chi connectivity index (χ3n) is 9.85. The van der Waals surface area contributed by atoms with Crippen molar-refractivity contribution in [3.8, 4) is 0 Å². The molecule has 4 rings (SSSR count). The maximum absolute atomic E-state index is 13.7. The van der Waals surface area contributed by atoms with Gasteiger partial charge in [-0.3, -0.25) is 9.59 Å². The number of Topliss-reactive ketones (excluding diaryl/α,β-unsaturated/α-hetero) is 2. The first-order chi connectivity index (χ1) is 14.0. The summed E-state index contributed by atoms with van der Waals surface area (Å²) in [7, 11) is 0. The molecule has 0 aliphatic heterocycles. The predicted octanol–water partition coefficient (Wildman–Crippen LogP) is 5.75. The van der Waals surface area contributed by atoms with Gasteiger partial charge in [-0.25, -0.2) is 0 Å². The Morgan fingerprint density at radius 1 is 1.17 bits per heavy atom. The van der Waals surface area contributed by atoms with Crippen molar-refractivity contribution in [3.63, 3.8) is 0 Å². The van der Waals surface area contributed by atoms with Gasteiger partial charge < -0.3 is 5.11 Å². The molecule has 0 amide bonds. The number of hydrogen-bond donors (Lipinski definition) is 1. The second kappa shape index (κ2) is 7.57. The molecule has 168 valence electrons. The van der Waals surface area contributed by atoms with Gasteiger partial charge in [0.1, 0.15) is 11.6 Å². The highest BCUT2D eigenvalue weighted by atomic mass is 16.3. The van der Waals surface area contributed by atoms with Crippen LogP contribution in [0.4, 0.5) is 0 Å². The second-order valence-electron chi connectivity index (χ2n) is 12.2. The van der Waals surface area contributed by atoms with Crippen LogP contribution in [0.3, 0.4) is 0 Å². The molecule has 0 spiro atoms. The molecule has 0 radical (unpaired) electrons. The lowest BCUT2D eigenvalue weighted by molar-refractivity contribution is -0.165. The fourth-order valence-electron chi connectivity index (χ4n) is 8.37. The van der Waals surface area contributed by atoms with E-state index >= 15 is 0 Å². The molecular formula is C27H42O3. The summed E-state index contributed by atoms with van der Waals surface area (Å²) in [6, 6.07) is 0. The van der Waals surface area contributed by atoms with E-state index in [-0.39, 0.29) is 40.3 Å². The van der Waals surface area contributed by atoms with Gasteiger partial charge in [0, 0.05) is 24.7 Å². The minimum atomic E-state index is -0.763. The Hall–Kier alpha value is -0.960. The predicted molar refractivity (Wildman–Crippen MR) is 120 cm³/mol. The Labute approximate surface area is 183 Å². The van der Waals surface area contributed by atoms with Gasteiger partial charge >= 0.3 is 0 Å². The van der Waals surface area contributed by atoms with E-state index in [1.807, 2.05) is 6.92 Å². The molecular weight excluding hydrogens is 372 g/mol. The van der Waals surface area contributed by atoms with Crippen molar-refractivity contribution in [2.45, 2.75) is 98.0 Å². The molecule has 3 saturated carbocycles. The van der Waals surface area contributed by atoms with Crippen molar-refractivity contribution in [2.24, 2.45) is 46.3 Å². The monoisotopic (exact) mass is 414 g/mol. The van der Waals surface area contributed by atoms with E-state index < -0.39 is 5.60 Å². The second-order valence-corrected chi connectivity index (χ2v) is 12.2. The van der Waals surface area contributed by atoms with E-state index in [0.29, 0.717) is 30.5 Å². The fraction of sp³-hybridized carbons (Fsp3) is 0.852. The molecule has 4 unspecified atom stereocenters. The van der Waals surface area contributed by atoms with Crippen LogP contribution in [-0.4, -0.2) is 22.3 Å². The van der Waals surface area contributed by atoms with Crippen molar-refractivity contribution < 1.29 is 14.7 Å². The van der Waals surface area contributed by atoms with Gasteiger partial charge in [0.15, 0.2) is 0 Å². The quantitative estimate of drug-likeness (QED) is 0.583. The van der Waals surface area contributed by atoms with Gasteiger partial charge in [0.25, 0.3) is 0 Å². The van der Waals surface area contributed by atoms with Crippen LogP contribution >= 0.6 is 0 Å². The molecule has 4 aliphatic carbocycles. The van der Waals surface area contributed by atoms with Crippen LogP contribution in [-0.2, 0) is 9.59 Å². The molecule has 3 fully saturated rings. The Bertz CT molecular complexity index is 734. The number of hydrogen-bond acceptors (Lipinski definition) is 3. The summed E-state index contributed by atoms with van der Waals surface area (Å²) < 4.78 is 0. The summed E-state index contributed by atoms with van der Waals surface area (Å²) in [6.45, 7) is 10.9. The van der Waals surface area contributed by atoms with Gasteiger partial charge in [0.05, 0.1) is 5.60 Å². The summed E-state index contributed by atoms with van der Waals surface area (Å²) in [4.78, 5) is 27.1. The first kappa shape index (κ1) is 22.2. The maximum atomic E-state index is 13.7. The Kier molecular flexibility index (Phi) is 5.61. The highest BCUT2D eigenvalue weighted by Gasteiger charge is 2.66. The zero-order valence-electron chi connectivity index (χ0n) is 19.7. The minimum Gasteiger partial charge on any atom is -0.390 e. The molecule has 0 aromatic heterocycles. The molecule has 30 heavy (non-hydrogen) atoms. The molecule has 0 saturated heterocycles. The molecule has 8 atom stereocenters. The Morgan fingerprint density at radius 3 is 2.60 bits per heavy atom. The van der Waals surface area contributed by atoms with Crippen LogP contribution in [0.2, 0.25) is 0 Å². The summed E-state index contributed by atoms with van der Waals surface area (Å²) in [5.41, 5.74) is -1.18. The highest BCUT2D eigenvalue weighted by Crippen LogP contribution is 2.66. The largest absolute Gasteiger partial charge is 0.390 e. The topological polar surface area (TPSA) is 54.4 Å². The van der Waals surface area contributed by atoms with Gasteiger partial charge in [-0.15, -0.1) is 0 Å². The lowest BCUT2D eigenvalue weighted by atomic mass is 9.44. The lowest BCUT2D eigenvalue weighted by Gasteiger charge is -2.58. The lowest BCUT2D eigenvalue weighted by Crippen LogP contribution is -2.60. The normalized spacial score (nSPS) is 45.1. The summed E-state index contributed by atoms with van der Waals surface area (Å²) >= 11 is 0. The third kappa shape index (κ3) is 3.34. The van der Waals surface area contributed by atoms with Gasteiger partial charge in [-0.05, 0) is 73.5 Å². The number of carbonyl (C=O) groups excluding carboxylic acids is 2. The van der Waals surface area contributed by atoms with Gasteiger partial charge in [-0.2, -0.15) is 0 Å². The number of aliphatic hydroxyl groups is 1. The van der Waals surface area contributed by atoms with Crippen LogP contribution < -0.4 is 0 Å². The summed E-state index contributed by atoms with van der Waals surface area (Å²) in [5, 5.41) is 11.5. The Morgan fingerprint density at radius 2 is 1.90 bits per heavy atom. The van der Waals surface area contributed by atoms with Crippen LogP contribution in [0.1, 0.15) is 92.4 Å². The van der Waals surface area contributed by atoms with Crippen LogP contribution in [0, 0.1) is 46.3 Å². The number of fused-ring (bicyclic) bond motifs is 5. The van der Waals surface area contributed by atoms with Crippen LogP contribution in [0.25, 0.3) is 0 Å². The van der Waals surface area contributed by atoms with E-state index in [2.05, 4.69) is 39.8 Å². The van der Waals surface area contributed by atoms with E-state index in [1.54, 1.807) is 0 Å². The molecule has 0 aromatic carbocycles. The SMILES string of the molecule is CC(C)CCCC(C)(O)[C@H]1CCC2C3C(=O)C[C@@H]4CCC=C[C@]4(C)C3C(=O)C[C@@]21C. The first-order valence-corrected chi connectivity index (χ1v) is 12.5. The number of ketones is 2. The van der Waals surface area contributed by atoms with Crippen molar-refractivity contribution >= 4 is 11.6 Å². The standard InChI is InChI=1S/C27H42O3/c1-17(2)9-8-14-27(5,30)22-12-11-19-23-20(28)15-18-10-6-7-13-25(18,3)24(23)21(29)16-26(19,22)4/h7,13,17-19,22-24,30H,6,8-12,14-16H2,1-5H3/t18-,19?,22-,23?,24?,25-,26-,27?/m0/s1. The molecule has 3 heteroatoms. The summed E-state index contributed by atoms with van der Waals surface area (Å²) in [6.07, 6.45) is 12.6. The van der Waals surface area contributed by atoms with Crippen LogP contribution in [0.15, 0.2) is 12.2 Å². The summed E-state index contributed by atoms with van der Waals surface area (Å²) in [5.74, 6) is 1.63. The smallest absolute Gasteiger partial charge is 0.138 e.